The van der Waals surface area contributed by atoms with Gasteiger partial charge >= 0.3 is 0 Å². The zero-order chi connectivity index (χ0) is 19.0. The van der Waals surface area contributed by atoms with E-state index in [9.17, 15) is 0 Å². The molecule has 2 aromatic heterocycles. The average Bonchev–Trinajstić information content (AvgIpc) is 3.34. The first-order chi connectivity index (χ1) is 12.6. The van der Waals surface area contributed by atoms with Crippen molar-refractivity contribution < 1.29 is 0 Å². The number of fused-ring (bicyclic) bond motifs is 10. The predicted octanol–water partition coefficient (Wildman–Crippen LogP) is 4.94. The van der Waals surface area contributed by atoms with Gasteiger partial charge in [0.2, 0.25) is 0 Å². The molecular weight excluding hydrogens is 332 g/mol. The second-order valence-electron chi connectivity index (χ2n) is 11.4. The minimum absolute atomic E-state index is 0.233. The maximum absolute atomic E-state index is 5.12. The third-order valence-corrected chi connectivity index (χ3v) is 10.2. The minimum atomic E-state index is 0.233. The Hall–Kier alpha value is -1.58. The molecule has 27 heavy (non-hydrogen) atoms. The molecule has 0 amide bonds. The zero-order valence-electron chi connectivity index (χ0n) is 17.6. The van der Waals surface area contributed by atoms with Gasteiger partial charge in [-0.2, -0.15) is 10.2 Å². The highest BCUT2D eigenvalue weighted by molar-refractivity contribution is 5.45. The molecule has 0 spiro atoms. The molecule has 4 aliphatic rings. The lowest BCUT2D eigenvalue weighted by atomic mass is 9.70. The van der Waals surface area contributed by atoms with Crippen molar-refractivity contribution in [3.05, 3.63) is 34.9 Å². The Morgan fingerprint density at radius 1 is 0.926 bits per heavy atom. The smallest absolute Gasteiger partial charge is 0.133 e. The van der Waals surface area contributed by atoms with Gasteiger partial charge in [-0.3, -0.25) is 4.68 Å². The summed E-state index contributed by atoms with van der Waals surface area (Å²) in [5, 5.41) is 9.94. The summed E-state index contributed by atoms with van der Waals surface area (Å²) in [6, 6.07) is 0. The van der Waals surface area contributed by atoms with E-state index >= 15 is 0 Å². The van der Waals surface area contributed by atoms with E-state index in [0.717, 1.165) is 6.67 Å². The van der Waals surface area contributed by atoms with Gasteiger partial charge in [0.05, 0.1) is 17.6 Å². The highest BCUT2D eigenvalue weighted by atomic mass is 15.4. The van der Waals surface area contributed by atoms with E-state index in [2.05, 4.69) is 63.3 Å². The van der Waals surface area contributed by atoms with Crippen molar-refractivity contribution in [2.75, 3.05) is 0 Å². The summed E-state index contributed by atoms with van der Waals surface area (Å²) < 4.78 is 4.43. The van der Waals surface area contributed by atoms with Crippen LogP contribution in [0.3, 0.4) is 0 Å². The Morgan fingerprint density at radius 3 is 2.26 bits per heavy atom. The minimum Gasteiger partial charge on any atom is -0.250 e. The van der Waals surface area contributed by atoms with Crippen molar-refractivity contribution in [1.82, 2.24) is 19.6 Å². The van der Waals surface area contributed by atoms with Crippen LogP contribution < -0.4 is 0 Å². The fourth-order valence-electron chi connectivity index (χ4n) is 7.63. The van der Waals surface area contributed by atoms with Crippen LogP contribution in [0.25, 0.3) is 0 Å². The largest absolute Gasteiger partial charge is 0.250 e. The zero-order valence-corrected chi connectivity index (χ0v) is 17.6. The van der Waals surface area contributed by atoms with Crippen LogP contribution in [0.15, 0.2) is 12.4 Å². The van der Waals surface area contributed by atoms with Crippen LogP contribution >= 0.6 is 0 Å². The highest BCUT2D eigenvalue weighted by Crippen LogP contribution is 2.68. The number of hydrogen-bond acceptors (Lipinski definition) is 2. The van der Waals surface area contributed by atoms with Crippen LogP contribution in [0.1, 0.15) is 102 Å². The van der Waals surface area contributed by atoms with Crippen molar-refractivity contribution in [2.45, 2.75) is 96.6 Å². The molecule has 4 bridgehead atoms. The number of rotatable bonds is 2. The molecule has 4 nitrogen and oxygen atoms in total. The van der Waals surface area contributed by atoms with Gasteiger partial charge in [0.1, 0.15) is 6.67 Å². The molecule has 2 heterocycles. The maximum Gasteiger partial charge on any atom is 0.133 e. The van der Waals surface area contributed by atoms with Crippen LogP contribution in [0.5, 0.6) is 0 Å². The lowest BCUT2D eigenvalue weighted by molar-refractivity contribution is 0.214. The summed E-state index contributed by atoms with van der Waals surface area (Å²) in [5.74, 6) is 1.34. The Bertz CT molecular complexity index is 977. The Kier molecular flexibility index (Phi) is 2.65. The standard InChI is InChI=1S/C23H32N4/c1-20(2)17-7-9-22(20,5)18-15(17)12-26(25-18)13-27-19-14(11-24-27)16-8-10-23(19,6)21(16,3)4/h11-12,16-17H,7-10,13H2,1-6H3/t16?,17?,22-,23-/m0/s1. The lowest BCUT2D eigenvalue weighted by Crippen LogP contribution is -2.35. The van der Waals surface area contributed by atoms with Gasteiger partial charge in [-0.05, 0) is 59.5 Å². The highest BCUT2D eigenvalue weighted by Gasteiger charge is 2.62. The van der Waals surface area contributed by atoms with Crippen molar-refractivity contribution in [1.29, 1.82) is 0 Å². The van der Waals surface area contributed by atoms with E-state index in [0.29, 0.717) is 22.7 Å². The second kappa shape index (κ2) is 4.36. The SMILES string of the molecule is CC1(C)C2CC[C@@]1(C)c1nn(Cn3ncc4c3[C@]3(C)CCC4C3(C)C)cc12. The summed E-state index contributed by atoms with van der Waals surface area (Å²) in [7, 11) is 0. The quantitative estimate of drug-likeness (QED) is 0.757. The third-order valence-electron chi connectivity index (χ3n) is 10.2. The monoisotopic (exact) mass is 364 g/mol. The molecular formula is C23H32N4. The van der Waals surface area contributed by atoms with Gasteiger partial charge in [-0.15, -0.1) is 0 Å². The summed E-state index contributed by atoms with van der Waals surface area (Å²) >= 11 is 0. The average molecular weight is 365 g/mol. The lowest BCUT2D eigenvalue weighted by Gasteiger charge is -2.36. The topological polar surface area (TPSA) is 35.6 Å². The van der Waals surface area contributed by atoms with Crippen molar-refractivity contribution >= 4 is 0 Å². The summed E-state index contributed by atoms with van der Waals surface area (Å²) in [5.41, 5.74) is 7.00. The van der Waals surface area contributed by atoms with E-state index in [1.165, 1.54) is 48.2 Å². The van der Waals surface area contributed by atoms with Crippen molar-refractivity contribution in [3.8, 4) is 0 Å². The molecule has 0 radical (unpaired) electrons. The molecule has 2 fully saturated rings. The predicted molar refractivity (Wildman–Crippen MR) is 106 cm³/mol. The van der Waals surface area contributed by atoms with Gasteiger partial charge in [-0.25, -0.2) is 4.68 Å². The molecule has 4 heteroatoms. The molecule has 144 valence electrons. The van der Waals surface area contributed by atoms with Crippen LogP contribution in [0.4, 0.5) is 0 Å². The summed E-state index contributed by atoms with van der Waals surface area (Å²) in [6.45, 7) is 15.4. The molecule has 2 aromatic rings. The van der Waals surface area contributed by atoms with Crippen LogP contribution in [0, 0.1) is 10.8 Å². The molecule has 0 aliphatic heterocycles. The molecule has 4 atom stereocenters. The van der Waals surface area contributed by atoms with E-state index in [4.69, 9.17) is 10.2 Å². The maximum atomic E-state index is 5.12. The fourth-order valence-corrected chi connectivity index (χ4v) is 7.63. The van der Waals surface area contributed by atoms with E-state index in [1.807, 2.05) is 0 Å². The molecule has 0 saturated heterocycles. The Labute approximate surface area is 162 Å². The van der Waals surface area contributed by atoms with Gasteiger partial charge in [0.15, 0.2) is 0 Å². The van der Waals surface area contributed by atoms with E-state index in [-0.39, 0.29) is 10.8 Å². The molecule has 0 N–H and O–H groups in total. The molecule has 6 rings (SSSR count). The van der Waals surface area contributed by atoms with Crippen molar-refractivity contribution in [2.24, 2.45) is 10.8 Å². The van der Waals surface area contributed by atoms with E-state index in [1.54, 1.807) is 0 Å². The first-order valence-corrected chi connectivity index (χ1v) is 10.8. The van der Waals surface area contributed by atoms with Gasteiger partial charge in [0.25, 0.3) is 0 Å². The van der Waals surface area contributed by atoms with Gasteiger partial charge in [0, 0.05) is 17.0 Å². The van der Waals surface area contributed by atoms with Crippen LogP contribution in [0.2, 0.25) is 0 Å². The van der Waals surface area contributed by atoms with E-state index < -0.39 is 0 Å². The molecule has 2 saturated carbocycles. The summed E-state index contributed by atoms with van der Waals surface area (Å²) in [4.78, 5) is 0. The van der Waals surface area contributed by atoms with Gasteiger partial charge in [-0.1, -0.05) is 41.5 Å². The number of aromatic nitrogens is 4. The van der Waals surface area contributed by atoms with Gasteiger partial charge < -0.3 is 0 Å². The Morgan fingerprint density at radius 2 is 1.56 bits per heavy atom. The first-order valence-electron chi connectivity index (χ1n) is 10.8. The molecule has 4 aliphatic carbocycles. The van der Waals surface area contributed by atoms with Crippen molar-refractivity contribution in [3.63, 3.8) is 0 Å². The third kappa shape index (κ3) is 1.54. The fraction of sp³-hybridized carbons (Fsp3) is 0.739. The number of nitrogens with zero attached hydrogens (tertiary/aromatic N) is 4. The molecule has 2 unspecified atom stereocenters. The summed E-state index contributed by atoms with van der Waals surface area (Å²) in [6.07, 6.45) is 9.67. The normalized spacial score (nSPS) is 39.2. The number of hydrogen-bond donors (Lipinski definition) is 0. The Balaban J connectivity index is 1.39. The van der Waals surface area contributed by atoms with Crippen LogP contribution in [-0.2, 0) is 17.5 Å². The molecule has 0 aromatic carbocycles. The van der Waals surface area contributed by atoms with Crippen LogP contribution in [-0.4, -0.2) is 19.6 Å². The second-order valence-corrected chi connectivity index (χ2v) is 11.4. The first kappa shape index (κ1) is 16.4.